The van der Waals surface area contributed by atoms with Crippen molar-refractivity contribution in [2.24, 2.45) is 5.73 Å². The number of nitrogens with two attached hydrogens (primary N) is 1. The van der Waals surface area contributed by atoms with Crippen LogP contribution in [0.4, 0.5) is 0 Å². The summed E-state index contributed by atoms with van der Waals surface area (Å²) in [5.74, 6) is 6.93. The van der Waals surface area contributed by atoms with Gasteiger partial charge in [-0.25, -0.2) is 0 Å². The van der Waals surface area contributed by atoms with Crippen molar-refractivity contribution in [3.05, 3.63) is 29.3 Å². The molecular weight excluding hydrogens is 174 g/mol. The SMILES string of the molecule is COc1ccc(C)c(C#CCCN)c1. The molecule has 0 bridgehead atoms. The fraction of sp³-hybridized carbons (Fsp3) is 0.333. The minimum Gasteiger partial charge on any atom is -0.497 e. The van der Waals surface area contributed by atoms with Gasteiger partial charge in [0, 0.05) is 18.5 Å². The van der Waals surface area contributed by atoms with E-state index in [9.17, 15) is 0 Å². The van der Waals surface area contributed by atoms with Gasteiger partial charge < -0.3 is 10.5 Å². The third kappa shape index (κ3) is 2.79. The van der Waals surface area contributed by atoms with Crippen LogP contribution in [0.25, 0.3) is 0 Å². The van der Waals surface area contributed by atoms with Crippen molar-refractivity contribution in [1.29, 1.82) is 0 Å². The second-order valence-electron chi connectivity index (χ2n) is 3.02. The van der Waals surface area contributed by atoms with Gasteiger partial charge in [-0.3, -0.25) is 0 Å². The van der Waals surface area contributed by atoms with E-state index < -0.39 is 0 Å². The molecule has 0 saturated carbocycles. The Morgan fingerprint density at radius 1 is 1.43 bits per heavy atom. The number of ether oxygens (including phenoxy) is 1. The van der Waals surface area contributed by atoms with Gasteiger partial charge in [0.1, 0.15) is 5.75 Å². The van der Waals surface area contributed by atoms with Crippen LogP contribution >= 0.6 is 0 Å². The molecule has 0 aliphatic carbocycles. The van der Waals surface area contributed by atoms with Crippen LogP contribution in [0.15, 0.2) is 18.2 Å². The van der Waals surface area contributed by atoms with E-state index in [4.69, 9.17) is 10.5 Å². The van der Waals surface area contributed by atoms with Gasteiger partial charge in [0.15, 0.2) is 0 Å². The summed E-state index contributed by atoms with van der Waals surface area (Å²) >= 11 is 0. The Bertz CT molecular complexity index is 360. The Kier molecular flexibility index (Phi) is 4.03. The fourth-order valence-corrected chi connectivity index (χ4v) is 1.09. The van der Waals surface area contributed by atoms with Crippen LogP contribution in [-0.2, 0) is 0 Å². The normalized spacial score (nSPS) is 9.07. The maximum atomic E-state index is 5.36. The largest absolute Gasteiger partial charge is 0.497 e. The number of hydrogen-bond acceptors (Lipinski definition) is 2. The molecule has 0 unspecified atom stereocenters. The molecule has 14 heavy (non-hydrogen) atoms. The van der Waals surface area contributed by atoms with E-state index in [1.165, 1.54) is 0 Å². The molecule has 74 valence electrons. The van der Waals surface area contributed by atoms with Gasteiger partial charge in [0.2, 0.25) is 0 Å². The Labute approximate surface area is 85.1 Å². The van der Waals surface area contributed by atoms with E-state index in [1.807, 2.05) is 25.1 Å². The molecule has 0 amide bonds. The van der Waals surface area contributed by atoms with E-state index in [1.54, 1.807) is 7.11 Å². The number of benzene rings is 1. The molecule has 2 heteroatoms. The first-order valence-corrected chi connectivity index (χ1v) is 4.61. The van der Waals surface area contributed by atoms with E-state index in [-0.39, 0.29) is 0 Å². The number of rotatable bonds is 2. The van der Waals surface area contributed by atoms with Crippen LogP contribution in [0.1, 0.15) is 17.5 Å². The van der Waals surface area contributed by atoms with E-state index in [2.05, 4.69) is 11.8 Å². The lowest BCUT2D eigenvalue weighted by Crippen LogP contribution is -1.95. The predicted molar refractivity (Wildman–Crippen MR) is 58.3 cm³/mol. The van der Waals surface area contributed by atoms with Crippen LogP contribution in [0.3, 0.4) is 0 Å². The molecule has 0 atom stereocenters. The van der Waals surface area contributed by atoms with Gasteiger partial charge in [-0.1, -0.05) is 17.9 Å². The van der Waals surface area contributed by atoms with Crippen molar-refractivity contribution in [3.63, 3.8) is 0 Å². The summed E-state index contributed by atoms with van der Waals surface area (Å²) in [4.78, 5) is 0. The molecule has 2 nitrogen and oxygen atoms in total. The molecule has 1 aromatic carbocycles. The predicted octanol–water partition coefficient (Wildman–Crippen LogP) is 1.70. The van der Waals surface area contributed by atoms with Crippen molar-refractivity contribution in [2.75, 3.05) is 13.7 Å². The summed E-state index contributed by atoms with van der Waals surface area (Å²) in [5, 5.41) is 0. The summed E-state index contributed by atoms with van der Waals surface area (Å²) in [6.07, 6.45) is 0.733. The third-order valence-corrected chi connectivity index (χ3v) is 1.94. The van der Waals surface area contributed by atoms with Gasteiger partial charge in [-0.15, -0.1) is 0 Å². The van der Waals surface area contributed by atoms with Crippen molar-refractivity contribution < 1.29 is 4.74 Å². The Morgan fingerprint density at radius 2 is 2.21 bits per heavy atom. The molecule has 0 saturated heterocycles. The van der Waals surface area contributed by atoms with Crippen molar-refractivity contribution in [3.8, 4) is 17.6 Å². The minimum atomic E-state index is 0.607. The molecule has 0 spiro atoms. The maximum Gasteiger partial charge on any atom is 0.120 e. The lowest BCUT2D eigenvalue weighted by molar-refractivity contribution is 0.414. The molecule has 0 aliphatic heterocycles. The van der Waals surface area contributed by atoms with Gasteiger partial charge in [-0.2, -0.15) is 0 Å². The molecule has 2 N–H and O–H groups in total. The average molecular weight is 189 g/mol. The summed E-state index contributed by atoms with van der Waals surface area (Å²) in [6.45, 7) is 2.64. The molecule has 1 aromatic rings. The van der Waals surface area contributed by atoms with Crippen molar-refractivity contribution in [1.82, 2.24) is 0 Å². The molecule has 0 radical (unpaired) electrons. The van der Waals surface area contributed by atoms with E-state index >= 15 is 0 Å². The molecule has 0 aromatic heterocycles. The Hall–Kier alpha value is -1.46. The summed E-state index contributed by atoms with van der Waals surface area (Å²) < 4.78 is 5.12. The fourth-order valence-electron chi connectivity index (χ4n) is 1.09. The zero-order chi connectivity index (χ0) is 10.4. The molecule has 0 aliphatic rings. The highest BCUT2D eigenvalue weighted by molar-refractivity contribution is 5.45. The summed E-state index contributed by atoms with van der Waals surface area (Å²) in [7, 11) is 1.65. The monoisotopic (exact) mass is 189 g/mol. The van der Waals surface area contributed by atoms with E-state index in [0.29, 0.717) is 6.54 Å². The summed E-state index contributed by atoms with van der Waals surface area (Å²) in [5.41, 5.74) is 7.53. The average Bonchev–Trinajstić information content (AvgIpc) is 2.21. The quantitative estimate of drug-likeness (QED) is 0.719. The topological polar surface area (TPSA) is 35.2 Å². The molecule has 1 rings (SSSR count). The van der Waals surface area contributed by atoms with Crippen molar-refractivity contribution in [2.45, 2.75) is 13.3 Å². The summed E-state index contributed by atoms with van der Waals surface area (Å²) in [6, 6.07) is 5.88. The zero-order valence-corrected chi connectivity index (χ0v) is 8.63. The van der Waals surface area contributed by atoms with Crippen LogP contribution in [0.2, 0.25) is 0 Å². The van der Waals surface area contributed by atoms with Crippen LogP contribution < -0.4 is 10.5 Å². The Morgan fingerprint density at radius 3 is 2.86 bits per heavy atom. The van der Waals surface area contributed by atoms with E-state index in [0.717, 1.165) is 23.3 Å². The standard InChI is InChI=1S/C12H15NO/c1-10-6-7-12(14-2)9-11(10)5-3-4-8-13/h6-7,9H,4,8,13H2,1-2H3. The highest BCUT2D eigenvalue weighted by atomic mass is 16.5. The van der Waals surface area contributed by atoms with Gasteiger partial charge >= 0.3 is 0 Å². The first kappa shape index (κ1) is 10.6. The number of methoxy groups -OCH3 is 1. The third-order valence-electron chi connectivity index (χ3n) is 1.94. The smallest absolute Gasteiger partial charge is 0.120 e. The van der Waals surface area contributed by atoms with Gasteiger partial charge in [0.05, 0.1) is 7.11 Å². The number of hydrogen-bond donors (Lipinski definition) is 1. The van der Waals surface area contributed by atoms with Crippen LogP contribution in [-0.4, -0.2) is 13.7 Å². The van der Waals surface area contributed by atoms with Crippen LogP contribution in [0, 0.1) is 18.8 Å². The molecule has 0 fully saturated rings. The van der Waals surface area contributed by atoms with Crippen LogP contribution in [0.5, 0.6) is 5.75 Å². The first-order valence-electron chi connectivity index (χ1n) is 4.61. The molecular formula is C12H15NO. The lowest BCUT2D eigenvalue weighted by atomic mass is 10.1. The zero-order valence-electron chi connectivity index (χ0n) is 8.63. The second kappa shape index (κ2) is 5.31. The molecule has 0 heterocycles. The van der Waals surface area contributed by atoms with Gasteiger partial charge in [0.25, 0.3) is 0 Å². The highest BCUT2D eigenvalue weighted by Crippen LogP contribution is 2.15. The second-order valence-corrected chi connectivity index (χ2v) is 3.02. The minimum absolute atomic E-state index is 0.607. The Balaban J connectivity index is 2.91. The highest BCUT2D eigenvalue weighted by Gasteiger charge is 1.96. The van der Waals surface area contributed by atoms with Gasteiger partial charge in [-0.05, 0) is 24.6 Å². The lowest BCUT2D eigenvalue weighted by Gasteiger charge is -2.02. The number of aryl methyl sites for hydroxylation is 1. The first-order chi connectivity index (χ1) is 6.77. The maximum absolute atomic E-state index is 5.36. The van der Waals surface area contributed by atoms with Crippen molar-refractivity contribution >= 4 is 0 Å².